The molecular formula is C23H18Cl2N2O2S. The average molecular weight is 457 g/mol. The Morgan fingerprint density at radius 1 is 1.07 bits per heavy atom. The fourth-order valence-corrected chi connectivity index (χ4v) is 4.55. The molecule has 0 aliphatic heterocycles. The minimum atomic E-state index is -0.232. The number of fused-ring (bicyclic) bond motifs is 1. The Hall–Kier alpha value is -2.60. The summed E-state index contributed by atoms with van der Waals surface area (Å²) in [7, 11) is 0. The molecule has 4 aromatic rings. The van der Waals surface area contributed by atoms with E-state index in [9.17, 15) is 4.79 Å². The van der Waals surface area contributed by atoms with E-state index in [2.05, 4.69) is 0 Å². The van der Waals surface area contributed by atoms with Crippen LogP contribution in [0, 0.1) is 0 Å². The van der Waals surface area contributed by atoms with Crippen LogP contribution in [0.5, 0.6) is 5.75 Å². The van der Waals surface area contributed by atoms with Crippen molar-refractivity contribution < 1.29 is 9.53 Å². The Morgan fingerprint density at radius 2 is 1.87 bits per heavy atom. The van der Waals surface area contributed by atoms with Gasteiger partial charge in [0.05, 0.1) is 34.0 Å². The zero-order valence-electron chi connectivity index (χ0n) is 16.1. The highest BCUT2D eigenvalue weighted by Gasteiger charge is 2.24. The predicted octanol–water partition coefficient (Wildman–Crippen LogP) is 6.85. The van der Waals surface area contributed by atoms with E-state index in [1.165, 1.54) is 11.3 Å². The Morgan fingerprint density at radius 3 is 2.60 bits per heavy atom. The van der Waals surface area contributed by atoms with Crippen molar-refractivity contribution in [1.29, 1.82) is 0 Å². The monoisotopic (exact) mass is 456 g/mol. The van der Waals surface area contributed by atoms with Gasteiger partial charge >= 0.3 is 0 Å². The fourth-order valence-electron chi connectivity index (χ4n) is 3.07. The minimum absolute atomic E-state index is 0.232. The van der Waals surface area contributed by atoms with E-state index < -0.39 is 0 Å². The molecule has 0 atom stereocenters. The molecule has 0 unspecified atom stereocenters. The van der Waals surface area contributed by atoms with Gasteiger partial charge in [0.15, 0.2) is 5.13 Å². The molecule has 1 amide bonds. The highest BCUT2D eigenvalue weighted by atomic mass is 35.5. The largest absolute Gasteiger partial charge is 0.494 e. The lowest BCUT2D eigenvalue weighted by Gasteiger charge is -2.20. The van der Waals surface area contributed by atoms with Crippen LogP contribution in [0.3, 0.4) is 0 Å². The number of aromatic nitrogens is 1. The van der Waals surface area contributed by atoms with Crippen molar-refractivity contribution in [2.45, 2.75) is 13.5 Å². The number of halogens is 2. The van der Waals surface area contributed by atoms with Crippen LogP contribution in [-0.4, -0.2) is 17.5 Å². The second kappa shape index (κ2) is 9.04. The van der Waals surface area contributed by atoms with Gasteiger partial charge in [-0.1, -0.05) is 64.9 Å². The number of ether oxygens (including phenoxy) is 1. The summed E-state index contributed by atoms with van der Waals surface area (Å²) in [5, 5.41) is 1.39. The predicted molar refractivity (Wildman–Crippen MR) is 124 cm³/mol. The molecule has 0 radical (unpaired) electrons. The summed E-state index contributed by atoms with van der Waals surface area (Å²) in [4.78, 5) is 19.8. The smallest absolute Gasteiger partial charge is 0.261 e. The second-order valence-electron chi connectivity index (χ2n) is 6.56. The van der Waals surface area contributed by atoms with Gasteiger partial charge in [-0.05, 0) is 48.9 Å². The van der Waals surface area contributed by atoms with Gasteiger partial charge in [0.25, 0.3) is 5.91 Å². The highest BCUT2D eigenvalue weighted by Crippen LogP contribution is 2.34. The molecule has 4 nitrogen and oxygen atoms in total. The van der Waals surface area contributed by atoms with Crippen molar-refractivity contribution in [2.75, 3.05) is 11.5 Å². The molecule has 3 aromatic carbocycles. The molecule has 4 rings (SSSR count). The molecule has 0 saturated heterocycles. The normalized spacial score (nSPS) is 10.9. The van der Waals surface area contributed by atoms with Crippen molar-refractivity contribution in [3.63, 3.8) is 0 Å². The number of benzene rings is 3. The van der Waals surface area contributed by atoms with Gasteiger partial charge in [0, 0.05) is 5.02 Å². The maximum atomic E-state index is 13.5. The molecule has 1 heterocycles. The second-order valence-corrected chi connectivity index (χ2v) is 8.41. The van der Waals surface area contributed by atoms with Crippen molar-refractivity contribution >= 4 is 55.8 Å². The number of hydrogen-bond acceptors (Lipinski definition) is 4. The van der Waals surface area contributed by atoms with Gasteiger partial charge < -0.3 is 4.74 Å². The van der Waals surface area contributed by atoms with Gasteiger partial charge in [0.2, 0.25) is 0 Å². The van der Waals surface area contributed by atoms with Gasteiger partial charge in [-0.15, -0.1) is 0 Å². The van der Waals surface area contributed by atoms with Crippen LogP contribution in [-0.2, 0) is 6.54 Å². The van der Waals surface area contributed by atoms with Crippen LogP contribution in [0.15, 0.2) is 66.7 Å². The Kier molecular flexibility index (Phi) is 6.23. The first-order chi connectivity index (χ1) is 14.5. The lowest BCUT2D eigenvalue weighted by molar-refractivity contribution is 0.0985. The van der Waals surface area contributed by atoms with Gasteiger partial charge in [-0.2, -0.15) is 0 Å². The van der Waals surface area contributed by atoms with Crippen LogP contribution in [0.1, 0.15) is 22.8 Å². The molecule has 0 bridgehead atoms. The number of carbonyl (C=O) groups is 1. The first-order valence-electron chi connectivity index (χ1n) is 9.39. The number of amides is 1. The first-order valence-corrected chi connectivity index (χ1v) is 11.0. The number of hydrogen-bond donors (Lipinski definition) is 0. The maximum absolute atomic E-state index is 13.5. The van der Waals surface area contributed by atoms with Gasteiger partial charge in [-0.25, -0.2) is 4.98 Å². The molecular weight excluding hydrogens is 439 g/mol. The van der Waals surface area contributed by atoms with E-state index in [0.29, 0.717) is 33.9 Å². The van der Waals surface area contributed by atoms with Crippen molar-refractivity contribution in [3.05, 3.63) is 87.9 Å². The summed E-state index contributed by atoms with van der Waals surface area (Å²) < 4.78 is 6.54. The zero-order valence-corrected chi connectivity index (χ0v) is 18.5. The first kappa shape index (κ1) is 20.7. The standard InChI is InChI=1S/C23H18Cl2N2O2S/c1-2-29-17-9-11-20-21(13-17)30-23(26-20)27(14-15-6-4-3-5-7-15)22(28)18-10-8-16(24)12-19(18)25/h3-13H,2,14H2,1H3. The molecule has 152 valence electrons. The molecule has 0 aliphatic carbocycles. The minimum Gasteiger partial charge on any atom is -0.494 e. The summed E-state index contributed by atoms with van der Waals surface area (Å²) in [5.41, 5.74) is 2.18. The SMILES string of the molecule is CCOc1ccc2nc(N(Cc3ccccc3)C(=O)c3ccc(Cl)cc3Cl)sc2c1. The summed E-state index contributed by atoms with van der Waals surface area (Å²) in [6, 6.07) is 20.4. The van der Waals surface area contributed by atoms with Crippen molar-refractivity contribution in [1.82, 2.24) is 4.98 Å². The summed E-state index contributed by atoms with van der Waals surface area (Å²) in [6.07, 6.45) is 0. The maximum Gasteiger partial charge on any atom is 0.261 e. The van der Waals surface area contributed by atoms with Crippen LogP contribution >= 0.6 is 34.5 Å². The average Bonchev–Trinajstić information content (AvgIpc) is 3.15. The van der Waals surface area contributed by atoms with Crippen LogP contribution in [0.4, 0.5) is 5.13 Å². The fraction of sp³-hybridized carbons (Fsp3) is 0.130. The Balaban J connectivity index is 1.76. The third-order valence-electron chi connectivity index (χ3n) is 4.48. The van der Waals surface area contributed by atoms with E-state index in [1.807, 2.05) is 55.5 Å². The van der Waals surface area contributed by atoms with E-state index in [-0.39, 0.29) is 5.91 Å². The Labute approximate surface area is 188 Å². The van der Waals surface area contributed by atoms with Crippen molar-refractivity contribution in [3.8, 4) is 5.75 Å². The third kappa shape index (κ3) is 4.43. The number of nitrogens with zero attached hydrogens (tertiary/aromatic N) is 2. The van der Waals surface area contributed by atoms with Gasteiger partial charge in [-0.3, -0.25) is 9.69 Å². The molecule has 0 spiro atoms. The Bertz CT molecular complexity index is 1190. The third-order valence-corrected chi connectivity index (χ3v) is 6.07. The number of carbonyl (C=O) groups excluding carboxylic acids is 1. The molecule has 0 N–H and O–H groups in total. The number of rotatable bonds is 6. The summed E-state index contributed by atoms with van der Waals surface area (Å²) in [6.45, 7) is 2.90. The molecule has 0 fully saturated rings. The number of anilines is 1. The topological polar surface area (TPSA) is 42.4 Å². The summed E-state index contributed by atoms with van der Waals surface area (Å²) in [5.74, 6) is 0.548. The van der Waals surface area contributed by atoms with Crippen LogP contribution in [0.2, 0.25) is 10.0 Å². The van der Waals surface area contributed by atoms with Crippen LogP contribution in [0.25, 0.3) is 10.2 Å². The van der Waals surface area contributed by atoms with Crippen molar-refractivity contribution in [2.24, 2.45) is 0 Å². The van der Waals surface area contributed by atoms with Gasteiger partial charge in [0.1, 0.15) is 5.75 Å². The van der Waals surface area contributed by atoms with E-state index in [0.717, 1.165) is 21.5 Å². The highest BCUT2D eigenvalue weighted by molar-refractivity contribution is 7.22. The molecule has 30 heavy (non-hydrogen) atoms. The lowest BCUT2D eigenvalue weighted by atomic mass is 10.1. The molecule has 1 aromatic heterocycles. The van der Waals surface area contributed by atoms with Crippen LogP contribution < -0.4 is 9.64 Å². The molecule has 0 aliphatic rings. The number of thiazole rings is 1. The lowest BCUT2D eigenvalue weighted by Crippen LogP contribution is -2.30. The summed E-state index contributed by atoms with van der Waals surface area (Å²) >= 11 is 13.8. The molecule has 7 heteroatoms. The van der Waals surface area contributed by atoms with E-state index in [1.54, 1.807) is 23.1 Å². The van der Waals surface area contributed by atoms with E-state index in [4.69, 9.17) is 32.9 Å². The quantitative estimate of drug-likeness (QED) is 0.318. The zero-order chi connectivity index (χ0) is 21.1. The molecule has 0 saturated carbocycles. The van der Waals surface area contributed by atoms with E-state index >= 15 is 0 Å².